The van der Waals surface area contributed by atoms with Gasteiger partial charge in [0.25, 0.3) is 0 Å². The van der Waals surface area contributed by atoms with Crippen LogP contribution in [0.5, 0.6) is 5.75 Å². The van der Waals surface area contributed by atoms with E-state index < -0.39 is 0 Å². The standard InChI is InChI=1S/C9H11NO2/c11-5-6-2-1-3-7(9(6)12)8-4-10-8/h1-3,8,10-12H,4-5H2/t8-/m1/s1. The monoisotopic (exact) mass is 165 g/mol. The molecule has 3 nitrogen and oxygen atoms in total. The van der Waals surface area contributed by atoms with Crippen molar-refractivity contribution in [3.8, 4) is 5.75 Å². The molecule has 0 amide bonds. The molecule has 0 saturated carbocycles. The summed E-state index contributed by atoms with van der Waals surface area (Å²) < 4.78 is 0. The van der Waals surface area contributed by atoms with Gasteiger partial charge >= 0.3 is 0 Å². The van der Waals surface area contributed by atoms with E-state index in [4.69, 9.17) is 5.11 Å². The van der Waals surface area contributed by atoms with Gasteiger partial charge in [-0.25, -0.2) is 0 Å². The lowest BCUT2D eigenvalue weighted by Crippen LogP contribution is -1.90. The Hall–Kier alpha value is -1.06. The minimum absolute atomic E-state index is 0.105. The summed E-state index contributed by atoms with van der Waals surface area (Å²) in [6.45, 7) is 0.814. The van der Waals surface area contributed by atoms with Gasteiger partial charge in [-0.2, -0.15) is 0 Å². The SMILES string of the molecule is OCc1cccc([C@H]2CN2)c1O. The van der Waals surface area contributed by atoms with E-state index in [1.165, 1.54) is 0 Å². The molecule has 3 N–H and O–H groups in total. The molecule has 0 aliphatic carbocycles. The average molecular weight is 165 g/mol. The van der Waals surface area contributed by atoms with Gasteiger partial charge < -0.3 is 15.5 Å². The first-order chi connectivity index (χ1) is 5.83. The third-order valence-electron chi connectivity index (χ3n) is 2.10. The third-order valence-corrected chi connectivity index (χ3v) is 2.10. The van der Waals surface area contributed by atoms with E-state index in [9.17, 15) is 5.11 Å². The van der Waals surface area contributed by atoms with Gasteiger partial charge in [0.05, 0.1) is 6.61 Å². The molecule has 2 rings (SSSR count). The van der Waals surface area contributed by atoms with Crippen molar-refractivity contribution in [2.75, 3.05) is 6.54 Å². The third kappa shape index (κ3) is 1.17. The number of hydrogen-bond acceptors (Lipinski definition) is 3. The van der Waals surface area contributed by atoms with Crippen LogP contribution >= 0.6 is 0 Å². The van der Waals surface area contributed by atoms with Gasteiger partial charge in [0.1, 0.15) is 5.75 Å². The summed E-state index contributed by atoms with van der Waals surface area (Å²) in [4.78, 5) is 0. The highest BCUT2D eigenvalue weighted by atomic mass is 16.3. The molecule has 0 bridgehead atoms. The molecule has 1 aliphatic rings. The summed E-state index contributed by atoms with van der Waals surface area (Å²) in [5.74, 6) is 0.231. The molecule has 1 fully saturated rings. The lowest BCUT2D eigenvalue weighted by Gasteiger charge is -2.05. The fourth-order valence-corrected chi connectivity index (χ4v) is 1.30. The van der Waals surface area contributed by atoms with Gasteiger partial charge in [-0.05, 0) is 0 Å². The maximum absolute atomic E-state index is 9.60. The van der Waals surface area contributed by atoms with E-state index in [2.05, 4.69) is 5.32 Å². The van der Waals surface area contributed by atoms with E-state index in [1.54, 1.807) is 6.07 Å². The maximum Gasteiger partial charge on any atom is 0.125 e. The van der Waals surface area contributed by atoms with Gasteiger partial charge in [-0.15, -0.1) is 0 Å². The van der Waals surface area contributed by atoms with Gasteiger partial charge in [0.2, 0.25) is 0 Å². The van der Waals surface area contributed by atoms with E-state index in [1.807, 2.05) is 12.1 Å². The highest BCUT2D eigenvalue weighted by Gasteiger charge is 2.25. The largest absolute Gasteiger partial charge is 0.507 e. The number of nitrogens with one attached hydrogen (secondary N) is 1. The van der Waals surface area contributed by atoms with Crippen LogP contribution in [0.3, 0.4) is 0 Å². The first-order valence-corrected chi connectivity index (χ1v) is 3.98. The van der Waals surface area contributed by atoms with Crippen LogP contribution in [0.4, 0.5) is 0 Å². The van der Waals surface area contributed by atoms with Gasteiger partial charge in [0, 0.05) is 23.7 Å². The Bertz CT molecular complexity index is 295. The molecule has 0 unspecified atom stereocenters. The number of aromatic hydroxyl groups is 1. The van der Waals surface area contributed by atoms with Crippen LogP contribution < -0.4 is 5.32 Å². The summed E-state index contributed by atoms with van der Waals surface area (Å²) in [6, 6.07) is 5.73. The van der Waals surface area contributed by atoms with Gasteiger partial charge in [0.15, 0.2) is 0 Å². The molecule has 1 atom stereocenters. The Morgan fingerprint density at radius 3 is 2.83 bits per heavy atom. The normalized spacial score (nSPS) is 20.9. The number of benzene rings is 1. The smallest absolute Gasteiger partial charge is 0.125 e. The molecular formula is C9H11NO2. The molecule has 1 aromatic rings. The highest BCUT2D eigenvalue weighted by Crippen LogP contribution is 2.32. The Morgan fingerprint density at radius 2 is 2.25 bits per heavy atom. The second-order valence-corrected chi connectivity index (χ2v) is 2.97. The van der Waals surface area contributed by atoms with Crippen molar-refractivity contribution in [3.05, 3.63) is 29.3 Å². The van der Waals surface area contributed by atoms with Crippen LogP contribution in [0.15, 0.2) is 18.2 Å². The first-order valence-electron chi connectivity index (χ1n) is 3.98. The number of aliphatic hydroxyl groups is 1. The van der Waals surface area contributed by atoms with Crippen molar-refractivity contribution in [3.63, 3.8) is 0 Å². The minimum atomic E-state index is -0.105. The second kappa shape index (κ2) is 2.77. The van der Waals surface area contributed by atoms with Crippen molar-refractivity contribution < 1.29 is 10.2 Å². The van der Waals surface area contributed by atoms with Crippen LogP contribution in [0, 0.1) is 0 Å². The minimum Gasteiger partial charge on any atom is -0.507 e. The molecule has 64 valence electrons. The number of aliphatic hydroxyl groups excluding tert-OH is 1. The molecular weight excluding hydrogens is 154 g/mol. The highest BCUT2D eigenvalue weighted by molar-refractivity contribution is 5.43. The topological polar surface area (TPSA) is 62.4 Å². The van der Waals surface area contributed by atoms with Crippen molar-refractivity contribution in [1.82, 2.24) is 5.32 Å². The van der Waals surface area contributed by atoms with E-state index in [-0.39, 0.29) is 18.4 Å². The molecule has 0 aromatic heterocycles. The molecule has 12 heavy (non-hydrogen) atoms. The van der Waals surface area contributed by atoms with Crippen LogP contribution in [-0.2, 0) is 6.61 Å². The summed E-state index contributed by atoms with van der Waals surface area (Å²) in [7, 11) is 0. The van der Waals surface area contributed by atoms with Crippen LogP contribution in [-0.4, -0.2) is 16.8 Å². The molecule has 0 radical (unpaired) electrons. The average Bonchev–Trinajstić information content (AvgIpc) is 2.88. The number of rotatable bonds is 2. The van der Waals surface area contributed by atoms with Crippen LogP contribution in [0.25, 0.3) is 0 Å². The summed E-state index contributed by atoms with van der Waals surface area (Å²) in [5, 5.41) is 21.6. The Balaban J connectivity index is 2.40. The zero-order chi connectivity index (χ0) is 8.55. The predicted octanol–water partition coefficient (Wildman–Crippen LogP) is 0.529. The molecule has 1 aromatic carbocycles. The number of phenols is 1. The summed E-state index contributed by atoms with van der Waals surface area (Å²) in [5.41, 5.74) is 1.49. The fourth-order valence-electron chi connectivity index (χ4n) is 1.30. The number of hydrogen-bond donors (Lipinski definition) is 3. The number of para-hydroxylation sites is 1. The van der Waals surface area contributed by atoms with E-state index >= 15 is 0 Å². The van der Waals surface area contributed by atoms with Crippen molar-refractivity contribution in [2.24, 2.45) is 0 Å². The molecule has 0 spiro atoms. The Morgan fingerprint density at radius 1 is 1.50 bits per heavy atom. The maximum atomic E-state index is 9.60. The fraction of sp³-hybridized carbons (Fsp3) is 0.333. The van der Waals surface area contributed by atoms with Gasteiger partial charge in [-0.3, -0.25) is 0 Å². The lowest BCUT2D eigenvalue weighted by atomic mass is 10.1. The Kier molecular flexibility index (Phi) is 1.75. The summed E-state index contributed by atoms with van der Waals surface area (Å²) >= 11 is 0. The van der Waals surface area contributed by atoms with Gasteiger partial charge in [-0.1, -0.05) is 18.2 Å². The zero-order valence-corrected chi connectivity index (χ0v) is 6.62. The van der Waals surface area contributed by atoms with Crippen molar-refractivity contribution in [1.29, 1.82) is 0 Å². The predicted molar refractivity (Wildman–Crippen MR) is 44.8 cm³/mol. The van der Waals surface area contributed by atoms with Crippen molar-refractivity contribution in [2.45, 2.75) is 12.6 Å². The lowest BCUT2D eigenvalue weighted by molar-refractivity contribution is 0.275. The summed E-state index contributed by atoms with van der Waals surface area (Å²) in [6.07, 6.45) is 0. The van der Waals surface area contributed by atoms with Crippen molar-refractivity contribution >= 4 is 0 Å². The molecule has 1 saturated heterocycles. The van der Waals surface area contributed by atoms with Crippen LogP contribution in [0.2, 0.25) is 0 Å². The molecule has 1 aliphatic heterocycles. The quantitative estimate of drug-likeness (QED) is 0.560. The molecule has 3 heteroatoms. The second-order valence-electron chi connectivity index (χ2n) is 2.97. The zero-order valence-electron chi connectivity index (χ0n) is 6.62. The molecule has 1 heterocycles. The van der Waals surface area contributed by atoms with E-state index in [0.29, 0.717) is 5.56 Å². The van der Waals surface area contributed by atoms with Crippen LogP contribution in [0.1, 0.15) is 17.2 Å². The first kappa shape index (κ1) is 7.58. The Labute approximate surface area is 70.7 Å². The van der Waals surface area contributed by atoms with E-state index in [0.717, 1.165) is 12.1 Å².